The van der Waals surface area contributed by atoms with E-state index in [1.165, 1.54) is 36.1 Å². The van der Waals surface area contributed by atoms with Gasteiger partial charge in [-0.3, -0.25) is 15.5 Å². The number of carbonyl (C=O) groups is 1. The van der Waals surface area contributed by atoms with E-state index in [-0.39, 0.29) is 15.8 Å². The van der Waals surface area contributed by atoms with Gasteiger partial charge in [-0.25, -0.2) is 17.8 Å². The minimum absolute atomic E-state index is 0.0309. The molecular formula is C15H17ClN6O3S. The summed E-state index contributed by atoms with van der Waals surface area (Å²) in [4.78, 5) is 12.3. The monoisotopic (exact) mass is 396 g/mol. The number of aromatic nitrogens is 2. The second-order valence-electron chi connectivity index (χ2n) is 5.82. The molecule has 0 saturated heterocycles. The van der Waals surface area contributed by atoms with Gasteiger partial charge in [-0.05, 0) is 38.1 Å². The molecule has 0 radical (unpaired) electrons. The van der Waals surface area contributed by atoms with E-state index in [1.807, 2.05) is 0 Å². The normalized spacial score (nSPS) is 14.2. The van der Waals surface area contributed by atoms with Crippen LogP contribution in [0.5, 0.6) is 0 Å². The molecule has 0 aliphatic heterocycles. The highest BCUT2D eigenvalue weighted by molar-refractivity contribution is 7.89. The van der Waals surface area contributed by atoms with Crippen LogP contribution >= 0.6 is 11.6 Å². The summed E-state index contributed by atoms with van der Waals surface area (Å²) in [7, 11) is -2.31. The second-order valence-corrected chi connectivity index (χ2v) is 8.11. The summed E-state index contributed by atoms with van der Waals surface area (Å²) < 4.78 is 27.6. The molecule has 2 aromatic rings. The Kier molecular flexibility index (Phi) is 4.74. The van der Waals surface area contributed by atoms with Gasteiger partial charge < -0.3 is 5.73 Å². The lowest BCUT2D eigenvalue weighted by molar-refractivity contribution is 0.0975. The molecule has 1 aromatic heterocycles. The molecule has 0 spiro atoms. The fourth-order valence-corrected chi connectivity index (χ4v) is 3.69. The van der Waals surface area contributed by atoms with Crippen LogP contribution in [-0.4, -0.2) is 37.1 Å². The van der Waals surface area contributed by atoms with E-state index in [9.17, 15) is 13.2 Å². The maximum atomic E-state index is 12.3. The predicted octanol–water partition coefficient (Wildman–Crippen LogP) is 0.934. The molecule has 1 heterocycles. The van der Waals surface area contributed by atoms with Gasteiger partial charge in [0.25, 0.3) is 5.91 Å². The number of halogens is 1. The summed E-state index contributed by atoms with van der Waals surface area (Å²) in [5.74, 6) is -0.831. The van der Waals surface area contributed by atoms with Crippen LogP contribution in [0.15, 0.2) is 29.3 Å². The standard InChI is InChI=1S/C15H17ClN6O3S/c1-19-26(24,25)9-4-5-12(11(16)6-9)22-13(8-2-3-8)10(7-20-22)14(23)21-15(17)18/h4-8,19H,2-3H2,1H3,(H4,17,18,21,23). The maximum absolute atomic E-state index is 12.3. The zero-order valence-corrected chi connectivity index (χ0v) is 15.4. The molecule has 138 valence electrons. The van der Waals surface area contributed by atoms with Crippen molar-refractivity contribution in [3.05, 3.63) is 40.7 Å². The van der Waals surface area contributed by atoms with Crippen molar-refractivity contribution in [2.75, 3.05) is 7.05 Å². The smallest absolute Gasteiger partial charge is 0.261 e. The Hall–Kier alpha value is -2.43. The predicted molar refractivity (Wildman–Crippen MR) is 96.2 cm³/mol. The first-order valence-corrected chi connectivity index (χ1v) is 9.57. The van der Waals surface area contributed by atoms with E-state index < -0.39 is 21.9 Å². The lowest BCUT2D eigenvalue weighted by Crippen LogP contribution is -2.36. The average molecular weight is 397 g/mol. The number of guanidine groups is 1. The van der Waals surface area contributed by atoms with Crippen molar-refractivity contribution < 1.29 is 13.2 Å². The van der Waals surface area contributed by atoms with Crippen LogP contribution in [-0.2, 0) is 10.0 Å². The van der Waals surface area contributed by atoms with E-state index in [2.05, 4.69) is 15.1 Å². The lowest BCUT2D eigenvalue weighted by atomic mass is 10.1. The summed E-state index contributed by atoms with van der Waals surface area (Å²) in [6, 6.07) is 4.29. The van der Waals surface area contributed by atoms with E-state index in [1.54, 1.807) is 0 Å². The topological polar surface area (TPSA) is 143 Å². The van der Waals surface area contributed by atoms with Crippen LogP contribution in [0.1, 0.15) is 34.8 Å². The Morgan fingerprint density at radius 3 is 2.65 bits per heavy atom. The number of nitrogens with one attached hydrogen (secondary N) is 3. The first-order valence-electron chi connectivity index (χ1n) is 7.71. The van der Waals surface area contributed by atoms with Crippen LogP contribution < -0.4 is 15.8 Å². The van der Waals surface area contributed by atoms with Gasteiger partial charge in [-0.15, -0.1) is 0 Å². The number of nitrogens with zero attached hydrogens (tertiary/aromatic N) is 2. The van der Waals surface area contributed by atoms with Crippen molar-refractivity contribution in [3.63, 3.8) is 0 Å². The van der Waals surface area contributed by atoms with Gasteiger partial charge in [-0.1, -0.05) is 11.6 Å². The summed E-state index contributed by atoms with van der Waals surface area (Å²) in [6.45, 7) is 0. The summed E-state index contributed by atoms with van der Waals surface area (Å²) in [5, 5.41) is 13.9. The number of sulfonamides is 1. The first-order chi connectivity index (χ1) is 12.2. The van der Waals surface area contributed by atoms with Gasteiger partial charge in [-0.2, -0.15) is 5.10 Å². The van der Waals surface area contributed by atoms with E-state index in [0.29, 0.717) is 16.9 Å². The summed E-state index contributed by atoms with van der Waals surface area (Å²) in [5.41, 5.74) is 6.66. The zero-order valence-electron chi connectivity index (χ0n) is 13.8. The second kappa shape index (κ2) is 6.71. The van der Waals surface area contributed by atoms with Crippen LogP contribution in [0.25, 0.3) is 5.69 Å². The highest BCUT2D eigenvalue weighted by Crippen LogP contribution is 2.43. The quantitative estimate of drug-likeness (QED) is 0.439. The van der Waals surface area contributed by atoms with Crippen molar-refractivity contribution >= 4 is 33.5 Å². The number of nitrogens with two attached hydrogens (primary N) is 1. The molecule has 3 rings (SSSR count). The molecule has 11 heteroatoms. The van der Waals surface area contributed by atoms with Crippen molar-refractivity contribution in [2.45, 2.75) is 23.7 Å². The number of hydrogen-bond acceptors (Lipinski definition) is 5. The number of carbonyl (C=O) groups excluding carboxylic acids is 1. The zero-order chi connectivity index (χ0) is 19.1. The molecule has 0 atom stereocenters. The molecule has 0 unspecified atom stereocenters. The Morgan fingerprint density at radius 1 is 1.42 bits per heavy atom. The molecular weight excluding hydrogens is 380 g/mol. The third kappa shape index (κ3) is 3.43. The molecule has 9 nitrogen and oxygen atoms in total. The molecule has 26 heavy (non-hydrogen) atoms. The van der Waals surface area contributed by atoms with Crippen molar-refractivity contribution in [3.8, 4) is 5.69 Å². The minimum atomic E-state index is -3.62. The number of benzene rings is 1. The Bertz CT molecular complexity index is 997. The summed E-state index contributed by atoms with van der Waals surface area (Å²) in [6.07, 6.45) is 3.19. The third-order valence-corrected chi connectivity index (χ3v) is 5.70. The van der Waals surface area contributed by atoms with Crippen LogP contribution in [0.3, 0.4) is 0 Å². The van der Waals surface area contributed by atoms with E-state index in [0.717, 1.165) is 12.8 Å². The first kappa shape index (κ1) is 18.4. The SMILES string of the molecule is CNS(=O)(=O)c1ccc(-n2ncc(C(=O)NC(=N)N)c2C2CC2)c(Cl)c1. The largest absolute Gasteiger partial charge is 0.370 e. The van der Waals surface area contributed by atoms with Crippen molar-refractivity contribution in [1.82, 2.24) is 19.8 Å². The molecule has 1 aliphatic carbocycles. The molecule has 1 fully saturated rings. The lowest BCUT2D eigenvalue weighted by Gasteiger charge is -2.12. The number of rotatable bonds is 5. The molecule has 1 aliphatic rings. The fourth-order valence-electron chi connectivity index (χ4n) is 2.61. The molecule has 1 amide bonds. The van der Waals surface area contributed by atoms with Crippen molar-refractivity contribution in [2.24, 2.45) is 5.73 Å². The van der Waals surface area contributed by atoms with Crippen LogP contribution in [0, 0.1) is 5.41 Å². The third-order valence-electron chi connectivity index (χ3n) is 3.99. The summed E-state index contributed by atoms with van der Waals surface area (Å²) >= 11 is 6.29. The molecule has 5 N–H and O–H groups in total. The van der Waals surface area contributed by atoms with E-state index in [4.69, 9.17) is 22.7 Å². The van der Waals surface area contributed by atoms with Gasteiger partial charge in [0.15, 0.2) is 5.96 Å². The molecule has 1 aromatic carbocycles. The van der Waals surface area contributed by atoms with Crippen LogP contribution in [0.2, 0.25) is 5.02 Å². The van der Waals surface area contributed by atoms with Gasteiger partial charge in [0.2, 0.25) is 10.0 Å². The van der Waals surface area contributed by atoms with E-state index >= 15 is 0 Å². The molecule has 1 saturated carbocycles. The Balaban J connectivity index is 2.06. The molecule has 0 bridgehead atoms. The Morgan fingerprint density at radius 2 is 2.12 bits per heavy atom. The fraction of sp³-hybridized carbons (Fsp3) is 0.267. The number of hydrogen-bond donors (Lipinski definition) is 4. The van der Waals surface area contributed by atoms with Gasteiger partial charge in [0.1, 0.15) is 0 Å². The highest BCUT2D eigenvalue weighted by Gasteiger charge is 2.33. The minimum Gasteiger partial charge on any atom is -0.370 e. The Labute approximate surface area is 155 Å². The van der Waals surface area contributed by atoms with Crippen molar-refractivity contribution in [1.29, 1.82) is 5.41 Å². The highest BCUT2D eigenvalue weighted by atomic mass is 35.5. The van der Waals surface area contributed by atoms with Gasteiger partial charge in [0, 0.05) is 5.92 Å². The maximum Gasteiger partial charge on any atom is 0.261 e. The number of amides is 1. The van der Waals surface area contributed by atoms with Crippen LogP contribution in [0.4, 0.5) is 0 Å². The van der Waals surface area contributed by atoms with Gasteiger partial charge in [0.05, 0.1) is 33.1 Å². The van der Waals surface area contributed by atoms with Gasteiger partial charge >= 0.3 is 0 Å². The average Bonchev–Trinajstić information content (AvgIpc) is 3.32.